The van der Waals surface area contributed by atoms with Gasteiger partial charge in [-0.25, -0.2) is 0 Å². The van der Waals surface area contributed by atoms with Crippen LogP contribution in [0.2, 0.25) is 0 Å². The van der Waals surface area contributed by atoms with Crippen molar-refractivity contribution in [3.8, 4) is 0 Å². The van der Waals surface area contributed by atoms with Gasteiger partial charge in [0, 0.05) is 0 Å². The minimum absolute atomic E-state index is 0.715. The third-order valence-electron chi connectivity index (χ3n) is 4.52. The molecule has 0 fully saturated rings. The van der Waals surface area contributed by atoms with Gasteiger partial charge in [0.25, 0.3) is 0 Å². The molecule has 2 aliphatic rings. The topological polar surface area (TPSA) is 0 Å². The van der Waals surface area contributed by atoms with Crippen LogP contribution in [0.3, 0.4) is 0 Å². The summed E-state index contributed by atoms with van der Waals surface area (Å²) in [6, 6.07) is 2.54. The van der Waals surface area contributed by atoms with Gasteiger partial charge < -0.3 is 0 Å². The second kappa shape index (κ2) is 3.61. The van der Waals surface area contributed by atoms with Crippen molar-refractivity contribution in [2.75, 3.05) is 0 Å². The molecule has 1 atom stereocenters. The molecule has 0 heteroatoms. The number of hydrogen-bond donors (Lipinski definition) is 0. The molecule has 0 aliphatic heterocycles. The molecule has 86 valence electrons. The molecule has 0 spiro atoms. The average Bonchev–Trinajstić information content (AvgIpc) is 2.82. The predicted octanol–water partition coefficient (Wildman–Crippen LogP) is 4.35. The number of hydrogen-bond acceptors (Lipinski definition) is 0. The van der Waals surface area contributed by atoms with E-state index in [1.54, 1.807) is 27.8 Å². The van der Waals surface area contributed by atoms with Crippen molar-refractivity contribution < 1.29 is 0 Å². The fourth-order valence-corrected chi connectivity index (χ4v) is 3.78. The molecule has 0 amide bonds. The normalized spacial score (nSPS) is 22.6. The Balaban J connectivity index is 2.25. The van der Waals surface area contributed by atoms with Crippen molar-refractivity contribution in [3.63, 3.8) is 0 Å². The van der Waals surface area contributed by atoms with Crippen LogP contribution in [0.4, 0.5) is 0 Å². The number of aryl methyl sites for hydroxylation is 1. The molecule has 2 aliphatic carbocycles. The number of rotatable bonds is 1. The minimum Gasteiger partial charge on any atom is -0.0587 e. The Morgan fingerprint density at radius 1 is 1.12 bits per heavy atom. The lowest BCUT2D eigenvalue weighted by atomic mass is 9.86. The molecular weight excluding hydrogens is 192 g/mol. The van der Waals surface area contributed by atoms with E-state index < -0.39 is 0 Å². The van der Waals surface area contributed by atoms with Crippen LogP contribution in [0.15, 0.2) is 6.07 Å². The molecule has 0 aromatic heterocycles. The van der Waals surface area contributed by atoms with Crippen LogP contribution in [-0.4, -0.2) is 0 Å². The third-order valence-corrected chi connectivity index (χ3v) is 4.52. The highest BCUT2D eigenvalue weighted by atomic mass is 14.3. The fourth-order valence-electron chi connectivity index (χ4n) is 3.78. The number of fused-ring (bicyclic) bond motifs is 2. The van der Waals surface area contributed by atoms with Gasteiger partial charge in [0.05, 0.1) is 0 Å². The molecule has 1 aromatic rings. The Labute approximate surface area is 99.1 Å². The van der Waals surface area contributed by atoms with Crippen LogP contribution in [0.1, 0.15) is 73.3 Å². The van der Waals surface area contributed by atoms with Crippen molar-refractivity contribution in [3.05, 3.63) is 33.9 Å². The molecular formula is C16H22. The molecule has 0 N–H and O–H groups in total. The molecule has 3 rings (SSSR count). The van der Waals surface area contributed by atoms with Crippen molar-refractivity contribution in [2.24, 2.45) is 0 Å². The standard InChI is InChI=1S/C16H22/c1-10(2)16-13-6-4-5-12(13)9-15-11(3)7-8-14(15)16/h9-11H,4-8H2,1-3H3. The zero-order valence-electron chi connectivity index (χ0n) is 10.8. The van der Waals surface area contributed by atoms with Gasteiger partial charge in [-0.3, -0.25) is 0 Å². The summed E-state index contributed by atoms with van der Waals surface area (Å²) in [5, 5.41) is 0. The van der Waals surface area contributed by atoms with E-state index in [-0.39, 0.29) is 0 Å². The van der Waals surface area contributed by atoms with Crippen molar-refractivity contribution >= 4 is 0 Å². The summed E-state index contributed by atoms with van der Waals surface area (Å²) in [5.41, 5.74) is 8.54. The lowest BCUT2D eigenvalue weighted by Crippen LogP contribution is -2.03. The maximum absolute atomic E-state index is 2.54. The van der Waals surface area contributed by atoms with Crippen LogP contribution >= 0.6 is 0 Å². The smallest absolute Gasteiger partial charge is 0.0184 e. The Hall–Kier alpha value is -0.780. The highest BCUT2D eigenvalue weighted by Gasteiger charge is 2.28. The highest BCUT2D eigenvalue weighted by Crippen LogP contribution is 2.42. The number of benzene rings is 1. The first-order valence-electron chi connectivity index (χ1n) is 6.86. The monoisotopic (exact) mass is 214 g/mol. The highest BCUT2D eigenvalue weighted by molar-refractivity contribution is 5.52. The predicted molar refractivity (Wildman–Crippen MR) is 69.3 cm³/mol. The zero-order chi connectivity index (χ0) is 11.3. The first kappa shape index (κ1) is 10.4. The van der Waals surface area contributed by atoms with E-state index in [9.17, 15) is 0 Å². The fraction of sp³-hybridized carbons (Fsp3) is 0.625. The first-order chi connectivity index (χ1) is 7.68. The summed E-state index contributed by atoms with van der Waals surface area (Å²) in [5.74, 6) is 1.52. The van der Waals surface area contributed by atoms with Gasteiger partial charge in [0.15, 0.2) is 0 Å². The van der Waals surface area contributed by atoms with Crippen LogP contribution in [0, 0.1) is 0 Å². The van der Waals surface area contributed by atoms with Gasteiger partial charge in [-0.2, -0.15) is 0 Å². The molecule has 16 heavy (non-hydrogen) atoms. The lowest BCUT2D eigenvalue weighted by molar-refractivity contribution is 0.744. The molecule has 0 saturated heterocycles. The van der Waals surface area contributed by atoms with Gasteiger partial charge in [-0.1, -0.05) is 26.8 Å². The van der Waals surface area contributed by atoms with E-state index in [0.717, 1.165) is 5.92 Å². The van der Waals surface area contributed by atoms with Gasteiger partial charge in [-0.15, -0.1) is 0 Å². The first-order valence-corrected chi connectivity index (χ1v) is 6.86. The molecule has 0 saturated carbocycles. The Bertz CT molecular complexity index is 426. The second-order valence-electron chi connectivity index (χ2n) is 5.94. The van der Waals surface area contributed by atoms with Crippen LogP contribution in [0.25, 0.3) is 0 Å². The summed E-state index contributed by atoms with van der Waals surface area (Å²) < 4.78 is 0. The Morgan fingerprint density at radius 2 is 1.94 bits per heavy atom. The van der Waals surface area contributed by atoms with Crippen molar-refractivity contribution in [1.29, 1.82) is 0 Å². The van der Waals surface area contributed by atoms with E-state index in [4.69, 9.17) is 0 Å². The molecule has 0 heterocycles. The Kier molecular flexibility index (Phi) is 2.34. The van der Waals surface area contributed by atoms with Gasteiger partial charge >= 0.3 is 0 Å². The van der Waals surface area contributed by atoms with Crippen LogP contribution < -0.4 is 0 Å². The minimum atomic E-state index is 0.715. The van der Waals surface area contributed by atoms with E-state index >= 15 is 0 Å². The molecule has 0 bridgehead atoms. The summed E-state index contributed by atoms with van der Waals surface area (Å²) in [7, 11) is 0. The summed E-state index contributed by atoms with van der Waals surface area (Å²) >= 11 is 0. The largest absolute Gasteiger partial charge is 0.0587 e. The SMILES string of the molecule is CC(C)c1c2c(cc3c1CCC3C)CCC2. The summed E-state index contributed by atoms with van der Waals surface area (Å²) in [4.78, 5) is 0. The lowest BCUT2D eigenvalue weighted by Gasteiger charge is -2.18. The zero-order valence-corrected chi connectivity index (χ0v) is 10.8. The van der Waals surface area contributed by atoms with Crippen LogP contribution in [-0.2, 0) is 19.3 Å². The van der Waals surface area contributed by atoms with Gasteiger partial charge in [0.2, 0.25) is 0 Å². The van der Waals surface area contributed by atoms with E-state index in [0.29, 0.717) is 5.92 Å². The molecule has 0 radical (unpaired) electrons. The van der Waals surface area contributed by atoms with E-state index in [2.05, 4.69) is 26.8 Å². The van der Waals surface area contributed by atoms with Crippen molar-refractivity contribution in [1.82, 2.24) is 0 Å². The van der Waals surface area contributed by atoms with E-state index in [1.165, 1.54) is 32.1 Å². The molecule has 1 unspecified atom stereocenters. The van der Waals surface area contributed by atoms with E-state index in [1.807, 2.05) is 0 Å². The maximum atomic E-state index is 2.54. The third kappa shape index (κ3) is 1.35. The van der Waals surface area contributed by atoms with Gasteiger partial charge in [-0.05, 0) is 71.8 Å². The Morgan fingerprint density at radius 3 is 2.69 bits per heavy atom. The van der Waals surface area contributed by atoms with Crippen LogP contribution in [0.5, 0.6) is 0 Å². The summed E-state index contributed by atoms with van der Waals surface area (Å²) in [6.07, 6.45) is 6.75. The second-order valence-corrected chi connectivity index (χ2v) is 5.94. The quantitative estimate of drug-likeness (QED) is 0.652. The van der Waals surface area contributed by atoms with Gasteiger partial charge in [0.1, 0.15) is 0 Å². The maximum Gasteiger partial charge on any atom is -0.0184 e. The molecule has 1 aromatic carbocycles. The molecule has 0 nitrogen and oxygen atoms in total. The summed E-state index contributed by atoms with van der Waals surface area (Å²) in [6.45, 7) is 7.14. The average molecular weight is 214 g/mol. The van der Waals surface area contributed by atoms with Crippen molar-refractivity contribution in [2.45, 2.75) is 64.7 Å².